The molecule has 1 heterocycles. The van der Waals surface area contributed by atoms with Crippen LogP contribution < -0.4 is 0 Å². The molecule has 1 aromatic rings. The van der Waals surface area contributed by atoms with Gasteiger partial charge in [0.15, 0.2) is 0 Å². The fourth-order valence-electron chi connectivity index (χ4n) is 3.39. The van der Waals surface area contributed by atoms with E-state index in [0.717, 1.165) is 23.4 Å². The summed E-state index contributed by atoms with van der Waals surface area (Å²) in [5, 5.41) is 15.0. The molecule has 0 aromatic carbocycles. The number of nitrogens with zero attached hydrogens (tertiary/aromatic N) is 2. The zero-order valence-corrected chi connectivity index (χ0v) is 13.5. The van der Waals surface area contributed by atoms with Crippen LogP contribution in [0.1, 0.15) is 70.6 Å². The third-order valence-electron chi connectivity index (χ3n) is 4.15. The Morgan fingerprint density at radius 3 is 2.26 bits per heavy atom. The molecule has 0 radical (unpaired) electrons. The summed E-state index contributed by atoms with van der Waals surface area (Å²) < 4.78 is 4.07. The molecule has 0 spiro atoms. The highest BCUT2D eigenvalue weighted by Gasteiger charge is 2.34. The van der Waals surface area contributed by atoms with E-state index in [9.17, 15) is 5.11 Å². The van der Waals surface area contributed by atoms with E-state index in [1.165, 1.54) is 18.0 Å². The van der Waals surface area contributed by atoms with Gasteiger partial charge < -0.3 is 5.11 Å². The molecule has 3 atom stereocenters. The minimum absolute atomic E-state index is 0.0464. The second kappa shape index (κ2) is 5.49. The maximum atomic E-state index is 10.7. The van der Waals surface area contributed by atoms with Crippen LogP contribution in [0.3, 0.4) is 0 Å². The van der Waals surface area contributed by atoms with Crippen LogP contribution in [-0.4, -0.2) is 14.7 Å². The van der Waals surface area contributed by atoms with Crippen molar-refractivity contribution in [2.75, 3.05) is 0 Å². The first-order valence-corrected chi connectivity index (χ1v) is 8.07. The molecule has 3 nitrogen and oxygen atoms in total. The molecule has 0 aliphatic heterocycles. The highest BCUT2D eigenvalue weighted by atomic mass is 32.1. The van der Waals surface area contributed by atoms with Gasteiger partial charge in [-0.05, 0) is 48.5 Å². The molecule has 3 unspecified atom stereocenters. The lowest BCUT2D eigenvalue weighted by atomic mass is 9.73. The van der Waals surface area contributed by atoms with Gasteiger partial charge in [0.2, 0.25) is 0 Å². The van der Waals surface area contributed by atoms with Gasteiger partial charge in [-0.3, -0.25) is 0 Å². The van der Waals surface area contributed by atoms with E-state index >= 15 is 0 Å². The van der Waals surface area contributed by atoms with Crippen molar-refractivity contribution in [1.82, 2.24) is 9.59 Å². The van der Waals surface area contributed by atoms with Gasteiger partial charge in [0.25, 0.3) is 0 Å². The van der Waals surface area contributed by atoms with Crippen LogP contribution in [0, 0.1) is 17.8 Å². The summed E-state index contributed by atoms with van der Waals surface area (Å²) in [5.74, 6) is 1.78. The van der Waals surface area contributed by atoms with Gasteiger partial charge in [0.1, 0.15) is 0 Å². The molecule has 4 heteroatoms. The highest BCUT2D eigenvalue weighted by molar-refractivity contribution is 7.05. The lowest BCUT2D eigenvalue weighted by Crippen LogP contribution is -2.26. The molecule has 2 rings (SSSR count). The Bertz CT molecular complexity index is 414. The molecule has 19 heavy (non-hydrogen) atoms. The standard InChI is InChI=1S/C15H26N2OS/c1-9-6-10(2)8-11(7-9)12(18)13-14(15(3,4)5)16-17-19-13/h9-12,18H,6-8H2,1-5H3. The fourth-order valence-corrected chi connectivity index (χ4v) is 4.34. The highest BCUT2D eigenvalue weighted by Crippen LogP contribution is 2.42. The lowest BCUT2D eigenvalue weighted by molar-refractivity contribution is 0.0563. The van der Waals surface area contributed by atoms with Crippen LogP contribution in [0.4, 0.5) is 0 Å². The third-order valence-corrected chi connectivity index (χ3v) is 4.95. The molecular formula is C15H26N2OS. The zero-order valence-electron chi connectivity index (χ0n) is 12.7. The molecular weight excluding hydrogens is 256 g/mol. The molecule has 0 saturated heterocycles. The first kappa shape index (κ1) is 14.9. The van der Waals surface area contributed by atoms with E-state index in [1.807, 2.05) is 0 Å². The Balaban J connectivity index is 2.20. The Labute approximate surface area is 120 Å². The summed E-state index contributed by atoms with van der Waals surface area (Å²) in [5.41, 5.74) is 0.922. The van der Waals surface area contributed by atoms with Crippen molar-refractivity contribution in [3.05, 3.63) is 10.6 Å². The summed E-state index contributed by atoms with van der Waals surface area (Å²) >= 11 is 1.37. The van der Waals surface area contributed by atoms with Crippen molar-refractivity contribution in [3.63, 3.8) is 0 Å². The molecule has 0 bridgehead atoms. The number of rotatable bonds is 2. The third kappa shape index (κ3) is 3.34. The molecule has 0 amide bonds. The van der Waals surface area contributed by atoms with Crippen molar-refractivity contribution in [2.24, 2.45) is 17.8 Å². The van der Waals surface area contributed by atoms with Crippen molar-refractivity contribution in [3.8, 4) is 0 Å². The van der Waals surface area contributed by atoms with Crippen molar-refractivity contribution in [1.29, 1.82) is 0 Å². The summed E-state index contributed by atoms with van der Waals surface area (Å²) in [6, 6.07) is 0. The predicted molar refractivity (Wildman–Crippen MR) is 79.2 cm³/mol. The fraction of sp³-hybridized carbons (Fsp3) is 0.867. The Hall–Kier alpha value is -0.480. The van der Waals surface area contributed by atoms with E-state index in [0.29, 0.717) is 17.8 Å². The minimum atomic E-state index is -0.389. The predicted octanol–water partition coefficient (Wildman–Crippen LogP) is 3.94. The Morgan fingerprint density at radius 2 is 1.74 bits per heavy atom. The first-order chi connectivity index (χ1) is 8.79. The van der Waals surface area contributed by atoms with Crippen LogP contribution in [0.5, 0.6) is 0 Å². The second-order valence-corrected chi connectivity index (χ2v) is 8.14. The average molecular weight is 282 g/mol. The molecule has 1 fully saturated rings. The summed E-state index contributed by atoms with van der Waals surface area (Å²) in [4.78, 5) is 0.985. The van der Waals surface area contributed by atoms with Crippen LogP contribution in [0.15, 0.2) is 0 Å². The van der Waals surface area contributed by atoms with E-state index < -0.39 is 0 Å². The molecule has 1 aliphatic carbocycles. The summed E-state index contributed by atoms with van der Waals surface area (Å²) in [6.07, 6.45) is 3.13. The van der Waals surface area contributed by atoms with Crippen molar-refractivity contribution < 1.29 is 5.11 Å². The van der Waals surface area contributed by atoms with Gasteiger partial charge in [-0.25, -0.2) is 0 Å². The van der Waals surface area contributed by atoms with Crippen LogP contribution in [0.2, 0.25) is 0 Å². The number of aliphatic hydroxyl groups excluding tert-OH is 1. The monoisotopic (exact) mass is 282 g/mol. The number of hydrogen-bond donors (Lipinski definition) is 1. The molecule has 1 aromatic heterocycles. The van der Waals surface area contributed by atoms with E-state index in [2.05, 4.69) is 44.2 Å². The van der Waals surface area contributed by atoms with Crippen molar-refractivity contribution >= 4 is 11.5 Å². The van der Waals surface area contributed by atoms with E-state index in [-0.39, 0.29) is 11.5 Å². The smallest absolute Gasteiger partial charge is 0.0945 e. The van der Waals surface area contributed by atoms with Gasteiger partial charge in [-0.2, -0.15) is 0 Å². The second-order valence-electron chi connectivity index (χ2n) is 7.36. The van der Waals surface area contributed by atoms with Gasteiger partial charge in [-0.1, -0.05) is 39.1 Å². The van der Waals surface area contributed by atoms with E-state index in [1.54, 1.807) is 0 Å². The molecule has 108 valence electrons. The average Bonchev–Trinajstić information content (AvgIpc) is 2.74. The van der Waals surface area contributed by atoms with Crippen LogP contribution in [0.25, 0.3) is 0 Å². The SMILES string of the molecule is CC1CC(C)CC(C(O)c2snnc2C(C)(C)C)C1. The Kier molecular flexibility index (Phi) is 4.31. The molecule has 1 N–H and O–H groups in total. The number of aromatic nitrogens is 2. The number of aliphatic hydroxyl groups is 1. The van der Waals surface area contributed by atoms with E-state index in [4.69, 9.17) is 0 Å². The number of hydrogen-bond acceptors (Lipinski definition) is 4. The molecule has 1 saturated carbocycles. The maximum Gasteiger partial charge on any atom is 0.0945 e. The van der Waals surface area contributed by atoms with Crippen LogP contribution >= 0.6 is 11.5 Å². The van der Waals surface area contributed by atoms with Crippen molar-refractivity contribution in [2.45, 2.75) is 65.4 Å². The zero-order chi connectivity index (χ0) is 14.2. The Morgan fingerprint density at radius 1 is 1.16 bits per heavy atom. The minimum Gasteiger partial charge on any atom is -0.387 e. The topological polar surface area (TPSA) is 46.0 Å². The van der Waals surface area contributed by atoms with Gasteiger partial charge >= 0.3 is 0 Å². The molecule has 1 aliphatic rings. The normalized spacial score (nSPS) is 30.3. The first-order valence-electron chi connectivity index (χ1n) is 7.29. The van der Waals surface area contributed by atoms with Gasteiger partial charge in [0.05, 0.1) is 16.7 Å². The largest absolute Gasteiger partial charge is 0.387 e. The summed E-state index contributed by atoms with van der Waals surface area (Å²) in [7, 11) is 0. The maximum absolute atomic E-state index is 10.7. The summed E-state index contributed by atoms with van der Waals surface area (Å²) in [6.45, 7) is 11.0. The quantitative estimate of drug-likeness (QED) is 0.893. The van der Waals surface area contributed by atoms with Gasteiger partial charge in [-0.15, -0.1) is 5.10 Å². The van der Waals surface area contributed by atoms with Crippen LogP contribution in [-0.2, 0) is 5.41 Å². The lowest BCUT2D eigenvalue weighted by Gasteiger charge is -2.34. The van der Waals surface area contributed by atoms with Gasteiger partial charge in [0, 0.05) is 5.41 Å².